The second-order valence-electron chi connectivity index (χ2n) is 5.35. The first-order chi connectivity index (χ1) is 12.4. The quantitative estimate of drug-likeness (QED) is 0.180. The number of hydrogen-bond donors (Lipinski definition) is 4. The van der Waals surface area contributed by atoms with E-state index in [0.29, 0.717) is 0 Å². The monoisotopic (exact) mass is 388 g/mol. The molecule has 0 bridgehead atoms. The van der Waals surface area contributed by atoms with Crippen molar-refractivity contribution >= 4 is 35.8 Å². The van der Waals surface area contributed by atoms with Gasteiger partial charge in [-0.25, -0.2) is 4.79 Å². The summed E-state index contributed by atoms with van der Waals surface area (Å²) in [6, 6.07) is -2.59. The predicted molar refractivity (Wildman–Crippen MR) is 85.6 cm³/mol. The molecular formula is C15H20N2O10. The summed E-state index contributed by atoms with van der Waals surface area (Å²) in [6.07, 6.45) is -2.14. The molecule has 0 aliphatic carbocycles. The van der Waals surface area contributed by atoms with E-state index in [9.17, 15) is 28.8 Å². The Morgan fingerprint density at radius 3 is 1.59 bits per heavy atom. The van der Waals surface area contributed by atoms with Gasteiger partial charge >= 0.3 is 35.8 Å². The number of ether oxygens (including phenoxy) is 2. The van der Waals surface area contributed by atoms with Gasteiger partial charge in [-0.1, -0.05) is 6.58 Å². The second-order valence-corrected chi connectivity index (χ2v) is 5.35. The van der Waals surface area contributed by atoms with Gasteiger partial charge in [-0.3, -0.25) is 24.0 Å². The lowest BCUT2D eigenvalue weighted by Crippen LogP contribution is -2.31. The van der Waals surface area contributed by atoms with Gasteiger partial charge in [0.1, 0.15) is 12.1 Å². The molecule has 27 heavy (non-hydrogen) atoms. The first-order valence-electron chi connectivity index (χ1n) is 7.57. The van der Waals surface area contributed by atoms with Crippen molar-refractivity contribution in [2.45, 2.75) is 44.2 Å². The van der Waals surface area contributed by atoms with E-state index in [0.717, 1.165) is 0 Å². The van der Waals surface area contributed by atoms with Crippen LogP contribution in [0.4, 0.5) is 0 Å². The van der Waals surface area contributed by atoms with Crippen LogP contribution in [0.5, 0.6) is 0 Å². The van der Waals surface area contributed by atoms with E-state index < -0.39 is 72.7 Å². The minimum absolute atomic E-state index is 0.253. The van der Waals surface area contributed by atoms with Gasteiger partial charge in [-0.05, 0) is 12.8 Å². The summed E-state index contributed by atoms with van der Waals surface area (Å²) in [5.74, 6) is -7.16. The Labute approximate surface area is 153 Å². The van der Waals surface area contributed by atoms with E-state index in [4.69, 9.17) is 21.7 Å². The van der Waals surface area contributed by atoms with Crippen LogP contribution in [0.15, 0.2) is 12.2 Å². The second kappa shape index (κ2) is 11.5. The number of esters is 4. The average molecular weight is 388 g/mol. The van der Waals surface area contributed by atoms with Gasteiger partial charge in [0.05, 0.1) is 6.42 Å². The topological polar surface area (TPSA) is 213 Å². The molecule has 150 valence electrons. The van der Waals surface area contributed by atoms with E-state index in [2.05, 4.69) is 16.1 Å². The van der Waals surface area contributed by atoms with Gasteiger partial charge < -0.3 is 31.2 Å². The number of carboxylic acid groups (broad SMARTS) is 2. The number of hydrogen-bond acceptors (Lipinski definition) is 10. The Hall–Kier alpha value is -3.12. The molecule has 0 aliphatic rings. The van der Waals surface area contributed by atoms with Crippen LogP contribution in [0.2, 0.25) is 0 Å². The van der Waals surface area contributed by atoms with E-state index in [1.54, 1.807) is 0 Å². The normalized spacial score (nSPS) is 12.4. The lowest BCUT2D eigenvalue weighted by atomic mass is 10.1. The minimum Gasteiger partial charge on any atom is -0.480 e. The Kier molecular flexibility index (Phi) is 10.2. The summed E-state index contributed by atoms with van der Waals surface area (Å²) < 4.78 is 8.70. The summed E-state index contributed by atoms with van der Waals surface area (Å²) in [5.41, 5.74) is 9.89. The number of carboxylic acids is 2. The van der Waals surface area contributed by atoms with Gasteiger partial charge in [0.15, 0.2) is 0 Å². The fourth-order valence-electron chi connectivity index (χ4n) is 1.48. The maximum atomic E-state index is 11.6. The summed E-state index contributed by atoms with van der Waals surface area (Å²) in [4.78, 5) is 66.8. The number of carbonyl (C=O) groups excluding carboxylic acids is 4. The zero-order valence-corrected chi connectivity index (χ0v) is 14.2. The Morgan fingerprint density at radius 1 is 0.778 bits per heavy atom. The molecule has 12 heteroatoms. The van der Waals surface area contributed by atoms with Crippen molar-refractivity contribution in [3.8, 4) is 0 Å². The number of aliphatic carboxylic acids is 2. The van der Waals surface area contributed by atoms with Crippen LogP contribution in [0.25, 0.3) is 0 Å². The number of rotatable bonds is 11. The van der Waals surface area contributed by atoms with Crippen molar-refractivity contribution in [1.82, 2.24) is 0 Å². The molecule has 0 radical (unpaired) electrons. The van der Waals surface area contributed by atoms with E-state index in [-0.39, 0.29) is 12.8 Å². The highest BCUT2D eigenvalue weighted by Crippen LogP contribution is 2.07. The SMILES string of the molecule is C=C(CC(=O)OC(=O)CC[C@H](N)C(=O)O)C(=O)OC(=O)CC[C@H](N)C(=O)O. The summed E-state index contributed by atoms with van der Waals surface area (Å²) >= 11 is 0. The molecule has 0 fully saturated rings. The lowest BCUT2D eigenvalue weighted by molar-refractivity contribution is -0.162. The van der Waals surface area contributed by atoms with Crippen LogP contribution >= 0.6 is 0 Å². The molecule has 0 saturated heterocycles. The van der Waals surface area contributed by atoms with E-state index in [1.807, 2.05) is 0 Å². The van der Waals surface area contributed by atoms with Crippen molar-refractivity contribution in [3.63, 3.8) is 0 Å². The fraction of sp³-hybridized carbons (Fsp3) is 0.467. The fourth-order valence-corrected chi connectivity index (χ4v) is 1.48. The molecule has 0 aromatic heterocycles. The molecule has 6 N–H and O–H groups in total. The van der Waals surface area contributed by atoms with Gasteiger partial charge in [-0.15, -0.1) is 0 Å². The third-order valence-corrected chi connectivity index (χ3v) is 3.03. The average Bonchev–Trinajstić information content (AvgIpc) is 2.56. The highest BCUT2D eigenvalue weighted by molar-refractivity contribution is 6.00. The molecule has 0 spiro atoms. The molecule has 0 heterocycles. The smallest absolute Gasteiger partial charge is 0.341 e. The Balaban J connectivity index is 4.27. The first kappa shape index (κ1) is 23.9. The van der Waals surface area contributed by atoms with Gasteiger partial charge in [0.25, 0.3) is 0 Å². The van der Waals surface area contributed by atoms with E-state index >= 15 is 0 Å². The van der Waals surface area contributed by atoms with Crippen molar-refractivity contribution in [2.75, 3.05) is 0 Å². The van der Waals surface area contributed by atoms with Crippen LogP contribution in [-0.4, -0.2) is 58.1 Å². The third-order valence-electron chi connectivity index (χ3n) is 3.03. The van der Waals surface area contributed by atoms with Gasteiger partial charge in [0, 0.05) is 18.4 Å². The Morgan fingerprint density at radius 2 is 1.19 bits per heavy atom. The molecule has 0 rings (SSSR count). The maximum absolute atomic E-state index is 11.6. The van der Waals surface area contributed by atoms with Crippen molar-refractivity contribution in [3.05, 3.63) is 12.2 Å². The minimum atomic E-state index is -1.32. The summed E-state index contributed by atoms with van der Waals surface area (Å²) in [7, 11) is 0. The highest BCUT2D eigenvalue weighted by Gasteiger charge is 2.21. The van der Waals surface area contributed by atoms with Gasteiger partial charge in [0.2, 0.25) is 0 Å². The summed E-state index contributed by atoms with van der Waals surface area (Å²) in [6.45, 7) is 3.22. The van der Waals surface area contributed by atoms with Crippen LogP contribution in [0.3, 0.4) is 0 Å². The number of nitrogens with two attached hydrogens (primary N) is 2. The third kappa shape index (κ3) is 10.5. The zero-order chi connectivity index (χ0) is 21.1. The highest BCUT2D eigenvalue weighted by atomic mass is 16.6. The van der Waals surface area contributed by atoms with Crippen LogP contribution in [0, 0.1) is 0 Å². The molecule has 0 saturated carbocycles. The van der Waals surface area contributed by atoms with Crippen LogP contribution < -0.4 is 11.5 Å². The lowest BCUT2D eigenvalue weighted by Gasteiger charge is -2.08. The Bertz CT molecular complexity index is 643. The van der Waals surface area contributed by atoms with Crippen molar-refractivity contribution in [1.29, 1.82) is 0 Å². The number of carbonyl (C=O) groups is 6. The van der Waals surface area contributed by atoms with Crippen molar-refractivity contribution in [2.24, 2.45) is 11.5 Å². The molecule has 12 nitrogen and oxygen atoms in total. The zero-order valence-electron chi connectivity index (χ0n) is 14.2. The largest absolute Gasteiger partial charge is 0.480 e. The van der Waals surface area contributed by atoms with Crippen LogP contribution in [-0.2, 0) is 38.2 Å². The first-order valence-corrected chi connectivity index (χ1v) is 7.57. The molecule has 0 aromatic rings. The van der Waals surface area contributed by atoms with Gasteiger partial charge in [-0.2, -0.15) is 0 Å². The molecule has 0 amide bonds. The van der Waals surface area contributed by atoms with Crippen LogP contribution in [0.1, 0.15) is 32.1 Å². The van der Waals surface area contributed by atoms with Crippen molar-refractivity contribution < 1.29 is 48.5 Å². The molecule has 0 aliphatic heterocycles. The molecular weight excluding hydrogens is 368 g/mol. The molecule has 0 unspecified atom stereocenters. The standard InChI is InChI=1S/C15H20N2O10/c1-7(15(25)27-11(19)5-3-9(17)14(23)24)6-12(20)26-10(18)4-2-8(16)13(21)22/h8-9H,1-6,16-17H2,(H,21,22)(H,23,24)/t8-,9-/m0/s1. The van der Waals surface area contributed by atoms with E-state index in [1.165, 1.54) is 0 Å². The molecule has 0 aromatic carbocycles. The predicted octanol–water partition coefficient (Wildman–Crippen LogP) is -1.54. The molecule has 2 atom stereocenters. The summed E-state index contributed by atoms with van der Waals surface area (Å²) in [5, 5.41) is 17.1. The maximum Gasteiger partial charge on any atom is 0.341 e.